The molecule has 5 heteroatoms. The van der Waals surface area contributed by atoms with Crippen molar-refractivity contribution in [3.8, 4) is 0 Å². The van der Waals surface area contributed by atoms with Gasteiger partial charge in [0.05, 0.1) is 17.8 Å². The highest BCUT2D eigenvalue weighted by Gasteiger charge is 2.19. The van der Waals surface area contributed by atoms with Gasteiger partial charge in [0.15, 0.2) is 0 Å². The zero-order valence-corrected chi connectivity index (χ0v) is 16.0. The van der Waals surface area contributed by atoms with E-state index in [1.807, 2.05) is 37.3 Å². The van der Waals surface area contributed by atoms with Gasteiger partial charge >= 0.3 is 0 Å². The average Bonchev–Trinajstić information content (AvgIpc) is 2.62. The summed E-state index contributed by atoms with van der Waals surface area (Å²) in [5.41, 5.74) is 2.81. The number of benzene rings is 2. The first-order valence-corrected chi connectivity index (χ1v) is 9.50. The van der Waals surface area contributed by atoms with Crippen LogP contribution in [0.4, 0.5) is 11.4 Å². The molecule has 1 aliphatic rings. The molecule has 2 aromatic carbocycles. The second-order valence-corrected chi connectivity index (χ2v) is 7.40. The van der Waals surface area contributed by atoms with E-state index in [0.29, 0.717) is 23.7 Å². The van der Waals surface area contributed by atoms with Crippen molar-refractivity contribution in [3.63, 3.8) is 0 Å². The molecule has 1 saturated heterocycles. The molecular formula is C22H27N3O2. The molecule has 0 aliphatic carbocycles. The van der Waals surface area contributed by atoms with Crippen molar-refractivity contribution in [2.24, 2.45) is 5.92 Å². The molecule has 0 bridgehead atoms. The number of nitrogens with one attached hydrogen (secondary N) is 2. The Morgan fingerprint density at radius 2 is 1.93 bits per heavy atom. The first-order chi connectivity index (χ1) is 13.0. The molecule has 142 valence electrons. The number of carbonyl (C=O) groups excluding carboxylic acids is 2. The minimum atomic E-state index is -0.233. The lowest BCUT2D eigenvalue weighted by molar-refractivity contribution is -0.117. The zero-order chi connectivity index (χ0) is 19.2. The number of anilines is 2. The Morgan fingerprint density at radius 3 is 2.70 bits per heavy atom. The maximum Gasteiger partial charge on any atom is 0.257 e. The van der Waals surface area contributed by atoms with Crippen LogP contribution in [0.2, 0.25) is 0 Å². The van der Waals surface area contributed by atoms with Crippen LogP contribution in [0, 0.1) is 12.8 Å². The van der Waals surface area contributed by atoms with Gasteiger partial charge in [-0.2, -0.15) is 0 Å². The molecule has 0 spiro atoms. The fourth-order valence-electron chi connectivity index (χ4n) is 3.53. The SMILES string of the molecule is Cc1cccc(NC(=O)c2ccccc2NC(=O)CN2CCCC(C)C2)c1. The zero-order valence-electron chi connectivity index (χ0n) is 16.0. The Morgan fingerprint density at radius 1 is 1.11 bits per heavy atom. The van der Waals surface area contributed by atoms with E-state index in [-0.39, 0.29) is 11.8 Å². The van der Waals surface area contributed by atoms with Gasteiger partial charge in [0.2, 0.25) is 5.91 Å². The highest BCUT2D eigenvalue weighted by Crippen LogP contribution is 2.19. The van der Waals surface area contributed by atoms with Crippen LogP contribution in [-0.4, -0.2) is 36.3 Å². The number of nitrogens with zero attached hydrogens (tertiary/aromatic N) is 1. The molecule has 1 unspecified atom stereocenters. The summed E-state index contributed by atoms with van der Waals surface area (Å²) >= 11 is 0. The lowest BCUT2D eigenvalue weighted by Gasteiger charge is -2.30. The van der Waals surface area contributed by atoms with Crippen LogP contribution in [0.25, 0.3) is 0 Å². The number of aryl methyl sites for hydroxylation is 1. The van der Waals surface area contributed by atoms with E-state index in [0.717, 1.165) is 30.8 Å². The smallest absolute Gasteiger partial charge is 0.257 e. The van der Waals surface area contributed by atoms with Gasteiger partial charge < -0.3 is 10.6 Å². The summed E-state index contributed by atoms with van der Waals surface area (Å²) in [7, 11) is 0. The number of carbonyl (C=O) groups is 2. The summed E-state index contributed by atoms with van der Waals surface area (Å²) in [4.78, 5) is 27.3. The summed E-state index contributed by atoms with van der Waals surface area (Å²) in [5.74, 6) is 0.307. The second-order valence-electron chi connectivity index (χ2n) is 7.40. The minimum absolute atomic E-state index is 0.0834. The van der Waals surface area contributed by atoms with Gasteiger partial charge in [-0.25, -0.2) is 0 Å². The molecular weight excluding hydrogens is 338 g/mol. The topological polar surface area (TPSA) is 61.4 Å². The maximum atomic E-state index is 12.7. The summed E-state index contributed by atoms with van der Waals surface area (Å²) < 4.78 is 0. The highest BCUT2D eigenvalue weighted by atomic mass is 16.2. The van der Waals surface area contributed by atoms with Crippen molar-refractivity contribution in [2.45, 2.75) is 26.7 Å². The van der Waals surface area contributed by atoms with E-state index < -0.39 is 0 Å². The maximum absolute atomic E-state index is 12.7. The molecule has 1 aliphatic heterocycles. The van der Waals surface area contributed by atoms with E-state index in [9.17, 15) is 9.59 Å². The molecule has 2 aromatic rings. The number of para-hydroxylation sites is 1. The molecule has 0 radical (unpaired) electrons. The third-order valence-corrected chi connectivity index (χ3v) is 4.83. The second kappa shape index (κ2) is 8.82. The van der Waals surface area contributed by atoms with Crippen molar-refractivity contribution < 1.29 is 9.59 Å². The van der Waals surface area contributed by atoms with E-state index in [2.05, 4.69) is 22.5 Å². The van der Waals surface area contributed by atoms with Gasteiger partial charge in [0.1, 0.15) is 0 Å². The molecule has 27 heavy (non-hydrogen) atoms. The molecule has 1 fully saturated rings. The van der Waals surface area contributed by atoms with Gasteiger partial charge in [0.25, 0.3) is 5.91 Å². The van der Waals surface area contributed by atoms with Crippen molar-refractivity contribution in [3.05, 3.63) is 59.7 Å². The third kappa shape index (κ3) is 5.41. The van der Waals surface area contributed by atoms with Crippen molar-refractivity contribution >= 4 is 23.2 Å². The van der Waals surface area contributed by atoms with Crippen LogP contribution in [0.3, 0.4) is 0 Å². The predicted molar refractivity (Wildman–Crippen MR) is 109 cm³/mol. The Labute approximate surface area is 160 Å². The Balaban J connectivity index is 1.66. The fourth-order valence-corrected chi connectivity index (χ4v) is 3.53. The van der Waals surface area contributed by atoms with Crippen molar-refractivity contribution in [1.29, 1.82) is 0 Å². The number of likely N-dealkylation sites (tertiary alicyclic amines) is 1. The average molecular weight is 365 g/mol. The molecule has 0 aromatic heterocycles. The van der Waals surface area contributed by atoms with Gasteiger partial charge in [-0.1, -0.05) is 31.2 Å². The van der Waals surface area contributed by atoms with E-state index in [1.165, 1.54) is 6.42 Å². The van der Waals surface area contributed by atoms with Gasteiger partial charge in [-0.05, 0) is 62.1 Å². The van der Waals surface area contributed by atoms with Gasteiger partial charge in [-0.3, -0.25) is 14.5 Å². The Bertz CT molecular complexity index is 819. The lowest BCUT2D eigenvalue weighted by atomic mass is 10.0. The molecule has 1 heterocycles. The summed E-state index contributed by atoms with van der Waals surface area (Å²) in [6, 6.07) is 14.8. The molecule has 2 amide bonds. The molecule has 5 nitrogen and oxygen atoms in total. The number of amides is 2. The van der Waals surface area contributed by atoms with Gasteiger partial charge in [-0.15, -0.1) is 0 Å². The summed E-state index contributed by atoms with van der Waals surface area (Å²) in [6.45, 7) is 6.45. The normalized spacial score (nSPS) is 17.3. The third-order valence-electron chi connectivity index (χ3n) is 4.83. The summed E-state index contributed by atoms with van der Waals surface area (Å²) in [5, 5.41) is 5.81. The Hall–Kier alpha value is -2.66. The van der Waals surface area contributed by atoms with Gasteiger partial charge in [0, 0.05) is 12.2 Å². The van der Waals surface area contributed by atoms with E-state index >= 15 is 0 Å². The van der Waals surface area contributed by atoms with E-state index in [1.54, 1.807) is 18.2 Å². The summed E-state index contributed by atoms with van der Waals surface area (Å²) in [6.07, 6.45) is 2.35. The van der Waals surface area contributed by atoms with Crippen LogP contribution >= 0.6 is 0 Å². The molecule has 1 atom stereocenters. The molecule has 3 rings (SSSR count). The monoisotopic (exact) mass is 365 g/mol. The lowest BCUT2D eigenvalue weighted by Crippen LogP contribution is -2.39. The number of hydrogen-bond acceptors (Lipinski definition) is 3. The first kappa shape index (κ1) is 19.1. The predicted octanol–water partition coefficient (Wildman–Crippen LogP) is 3.92. The Kier molecular flexibility index (Phi) is 6.24. The van der Waals surface area contributed by atoms with Crippen molar-refractivity contribution in [1.82, 2.24) is 4.90 Å². The molecule has 2 N–H and O–H groups in total. The highest BCUT2D eigenvalue weighted by molar-refractivity contribution is 6.10. The molecule has 0 saturated carbocycles. The van der Waals surface area contributed by atoms with E-state index in [4.69, 9.17) is 0 Å². The van der Waals surface area contributed by atoms with Crippen molar-refractivity contribution in [2.75, 3.05) is 30.3 Å². The largest absolute Gasteiger partial charge is 0.324 e. The number of hydrogen-bond donors (Lipinski definition) is 2. The minimum Gasteiger partial charge on any atom is -0.324 e. The quantitative estimate of drug-likeness (QED) is 0.844. The van der Waals surface area contributed by atoms with Crippen LogP contribution < -0.4 is 10.6 Å². The fraction of sp³-hybridized carbons (Fsp3) is 0.364. The number of rotatable bonds is 5. The first-order valence-electron chi connectivity index (χ1n) is 9.50. The van der Waals surface area contributed by atoms with Crippen LogP contribution in [0.15, 0.2) is 48.5 Å². The van der Waals surface area contributed by atoms with Crippen LogP contribution in [0.5, 0.6) is 0 Å². The number of piperidine rings is 1. The van der Waals surface area contributed by atoms with Crippen LogP contribution in [0.1, 0.15) is 35.7 Å². The standard InChI is InChI=1S/C22H27N3O2/c1-16-7-5-9-18(13-16)23-22(27)19-10-3-4-11-20(19)24-21(26)15-25-12-6-8-17(2)14-25/h3-5,7,9-11,13,17H,6,8,12,14-15H2,1-2H3,(H,23,27)(H,24,26). The van der Waals surface area contributed by atoms with Crippen LogP contribution in [-0.2, 0) is 4.79 Å².